The van der Waals surface area contributed by atoms with Crippen molar-refractivity contribution >= 4 is 11.6 Å². The summed E-state index contributed by atoms with van der Waals surface area (Å²) in [6.07, 6.45) is 3.68. The van der Waals surface area contributed by atoms with E-state index in [4.69, 9.17) is 9.26 Å². The van der Waals surface area contributed by atoms with Crippen molar-refractivity contribution in [1.29, 1.82) is 0 Å². The molecule has 0 unspecified atom stereocenters. The summed E-state index contributed by atoms with van der Waals surface area (Å²) in [5.74, 6) is 3.04. The van der Waals surface area contributed by atoms with Crippen LogP contribution in [-0.2, 0) is 0 Å². The van der Waals surface area contributed by atoms with Crippen LogP contribution in [0, 0.1) is 5.41 Å². The van der Waals surface area contributed by atoms with Crippen LogP contribution in [0.4, 0.5) is 11.6 Å². The van der Waals surface area contributed by atoms with Crippen molar-refractivity contribution in [2.75, 3.05) is 43.1 Å². The third-order valence-corrected chi connectivity index (χ3v) is 5.71. The molecule has 1 aliphatic carbocycles. The van der Waals surface area contributed by atoms with Crippen LogP contribution in [-0.4, -0.2) is 43.4 Å². The zero-order valence-corrected chi connectivity index (χ0v) is 13.9. The van der Waals surface area contributed by atoms with Crippen molar-refractivity contribution in [2.45, 2.75) is 25.2 Å². The average Bonchev–Trinajstić information content (AvgIpc) is 2.92. The summed E-state index contributed by atoms with van der Waals surface area (Å²) in [6.45, 7) is 4.26. The van der Waals surface area contributed by atoms with E-state index < -0.39 is 0 Å². The fourth-order valence-electron chi connectivity index (χ4n) is 4.02. The van der Waals surface area contributed by atoms with Crippen LogP contribution in [0.15, 0.2) is 28.8 Å². The Hall–Kier alpha value is -2.24. The van der Waals surface area contributed by atoms with E-state index in [-0.39, 0.29) is 0 Å². The number of hydrogen-bond acceptors (Lipinski definition) is 6. The largest absolute Gasteiger partial charge is 0.497 e. The molecule has 0 radical (unpaired) electrons. The summed E-state index contributed by atoms with van der Waals surface area (Å²) in [7, 11) is 1.70. The van der Waals surface area contributed by atoms with Gasteiger partial charge in [-0.2, -0.15) is 4.98 Å². The molecule has 1 aromatic heterocycles. The van der Waals surface area contributed by atoms with Crippen molar-refractivity contribution in [2.24, 2.45) is 5.41 Å². The third-order valence-electron chi connectivity index (χ3n) is 5.71. The highest BCUT2D eigenvalue weighted by Crippen LogP contribution is 2.44. The van der Waals surface area contributed by atoms with Crippen LogP contribution >= 0.6 is 0 Å². The monoisotopic (exact) mass is 326 g/mol. The van der Waals surface area contributed by atoms with Gasteiger partial charge in [0, 0.05) is 43.2 Å². The zero-order valence-electron chi connectivity index (χ0n) is 13.9. The first-order chi connectivity index (χ1) is 11.7. The second-order valence-corrected chi connectivity index (χ2v) is 7.47. The van der Waals surface area contributed by atoms with Crippen molar-refractivity contribution in [3.05, 3.63) is 30.2 Å². The Balaban J connectivity index is 1.17. The number of benzene rings is 1. The van der Waals surface area contributed by atoms with Gasteiger partial charge in [-0.3, -0.25) is 0 Å². The van der Waals surface area contributed by atoms with E-state index in [1.807, 2.05) is 12.1 Å². The van der Waals surface area contributed by atoms with Gasteiger partial charge in [0.25, 0.3) is 5.95 Å². The standard InChI is InChI=1S/C18H22N4O2/c1-23-15-7-5-14(6-8-15)21-9-18(10-21)11-22(12-18)17-19-16(24-20-17)13-3-2-4-13/h5-8,13H,2-4,9-12H2,1H3. The van der Waals surface area contributed by atoms with Gasteiger partial charge in [-0.05, 0) is 42.3 Å². The second-order valence-electron chi connectivity index (χ2n) is 7.47. The fourth-order valence-corrected chi connectivity index (χ4v) is 4.02. The van der Waals surface area contributed by atoms with Gasteiger partial charge in [-0.15, -0.1) is 0 Å². The normalized spacial score (nSPS) is 22.0. The van der Waals surface area contributed by atoms with E-state index in [1.54, 1.807) is 7.11 Å². The lowest BCUT2D eigenvalue weighted by Gasteiger charge is -2.60. The average molecular weight is 326 g/mol. The minimum atomic E-state index is 0.400. The Morgan fingerprint density at radius 2 is 1.79 bits per heavy atom. The topological polar surface area (TPSA) is 54.6 Å². The zero-order chi connectivity index (χ0) is 16.1. The smallest absolute Gasteiger partial charge is 0.266 e. The predicted molar refractivity (Wildman–Crippen MR) is 90.7 cm³/mol. The molecule has 0 atom stereocenters. The van der Waals surface area contributed by atoms with Crippen LogP contribution in [0.5, 0.6) is 5.75 Å². The number of methoxy groups -OCH3 is 1. The van der Waals surface area contributed by atoms with Crippen LogP contribution in [0.1, 0.15) is 31.1 Å². The molecule has 1 spiro atoms. The number of aromatic nitrogens is 2. The van der Waals surface area contributed by atoms with Gasteiger partial charge in [0.05, 0.1) is 7.11 Å². The van der Waals surface area contributed by atoms with Crippen molar-refractivity contribution in [3.8, 4) is 5.75 Å². The highest BCUT2D eigenvalue weighted by Gasteiger charge is 2.53. The van der Waals surface area contributed by atoms with Crippen LogP contribution in [0.3, 0.4) is 0 Å². The molecule has 24 heavy (non-hydrogen) atoms. The number of rotatable bonds is 4. The summed E-state index contributed by atoms with van der Waals surface area (Å²) >= 11 is 0. The quantitative estimate of drug-likeness (QED) is 0.861. The first-order valence-electron chi connectivity index (χ1n) is 8.72. The molecule has 6 nitrogen and oxygen atoms in total. The van der Waals surface area contributed by atoms with E-state index in [2.05, 4.69) is 32.1 Å². The van der Waals surface area contributed by atoms with Crippen LogP contribution < -0.4 is 14.5 Å². The number of hydrogen-bond donors (Lipinski definition) is 0. The molecule has 1 aromatic carbocycles. The minimum Gasteiger partial charge on any atom is -0.497 e. The lowest BCUT2D eigenvalue weighted by Crippen LogP contribution is -2.72. The summed E-state index contributed by atoms with van der Waals surface area (Å²) < 4.78 is 10.7. The Morgan fingerprint density at radius 1 is 1.08 bits per heavy atom. The first kappa shape index (κ1) is 14.1. The number of ether oxygens (including phenoxy) is 1. The number of anilines is 2. The van der Waals surface area contributed by atoms with E-state index in [9.17, 15) is 0 Å². The molecule has 2 aromatic rings. The molecule has 3 fully saturated rings. The van der Waals surface area contributed by atoms with Crippen molar-refractivity contribution in [3.63, 3.8) is 0 Å². The summed E-state index contributed by atoms with van der Waals surface area (Å²) in [4.78, 5) is 9.27. The SMILES string of the molecule is COc1ccc(N2CC3(C2)CN(c2noc(C4CCC4)n2)C3)cc1. The molecule has 2 aliphatic heterocycles. The van der Waals surface area contributed by atoms with Gasteiger partial charge in [-0.25, -0.2) is 0 Å². The summed E-state index contributed by atoms with van der Waals surface area (Å²) in [5, 5.41) is 4.17. The maximum Gasteiger partial charge on any atom is 0.266 e. The molecule has 3 heterocycles. The molecule has 0 bridgehead atoms. The van der Waals surface area contributed by atoms with E-state index in [0.29, 0.717) is 11.3 Å². The van der Waals surface area contributed by atoms with E-state index in [1.165, 1.54) is 24.9 Å². The van der Waals surface area contributed by atoms with E-state index in [0.717, 1.165) is 43.8 Å². The van der Waals surface area contributed by atoms with Crippen LogP contribution in [0.25, 0.3) is 0 Å². The Morgan fingerprint density at radius 3 is 2.42 bits per heavy atom. The fraction of sp³-hybridized carbons (Fsp3) is 0.556. The first-order valence-corrected chi connectivity index (χ1v) is 8.72. The summed E-state index contributed by atoms with van der Waals surface area (Å²) in [6, 6.07) is 8.31. The summed E-state index contributed by atoms with van der Waals surface area (Å²) in [5.41, 5.74) is 1.67. The van der Waals surface area contributed by atoms with Gasteiger partial charge < -0.3 is 19.1 Å². The molecular weight excluding hydrogens is 304 g/mol. The molecular formula is C18H22N4O2. The molecule has 1 saturated carbocycles. The van der Waals surface area contributed by atoms with Crippen molar-refractivity contribution < 1.29 is 9.26 Å². The maximum atomic E-state index is 5.43. The Labute approximate surface area is 141 Å². The van der Waals surface area contributed by atoms with Gasteiger partial charge in [-0.1, -0.05) is 6.42 Å². The molecule has 0 amide bonds. The van der Waals surface area contributed by atoms with Crippen molar-refractivity contribution in [1.82, 2.24) is 10.1 Å². The Bertz CT molecular complexity index is 724. The van der Waals surface area contributed by atoms with Gasteiger partial charge in [0.2, 0.25) is 5.89 Å². The van der Waals surface area contributed by atoms with Gasteiger partial charge >= 0.3 is 0 Å². The molecule has 126 valence electrons. The maximum absolute atomic E-state index is 5.43. The molecule has 0 N–H and O–H groups in total. The lowest BCUT2D eigenvalue weighted by molar-refractivity contribution is 0.154. The third kappa shape index (κ3) is 2.16. The molecule has 2 saturated heterocycles. The lowest BCUT2D eigenvalue weighted by atomic mass is 9.73. The Kier molecular flexibility index (Phi) is 3.02. The van der Waals surface area contributed by atoms with Gasteiger partial charge in [0.15, 0.2) is 0 Å². The highest BCUT2D eigenvalue weighted by molar-refractivity contribution is 5.54. The number of nitrogens with zero attached hydrogens (tertiary/aromatic N) is 4. The molecule has 3 aliphatic rings. The van der Waals surface area contributed by atoms with Crippen LogP contribution in [0.2, 0.25) is 0 Å². The van der Waals surface area contributed by atoms with Gasteiger partial charge in [0.1, 0.15) is 5.75 Å². The predicted octanol–water partition coefficient (Wildman–Crippen LogP) is 2.67. The minimum absolute atomic E-state index is 0.400. The van der Waals surface area contributed by atoms with E-state index >= 15 is 0 Å². The molecule has 6 heteroatoms. The second kappa shape index (κ2) is 5.13. The molecule has 5 rings (SSSR count). The highest BCUT2D eigenvalue weighted by atomic mass is 16.5.